The zero-order valence-electron chi connectivity index (χ0n) is 18.9. The third-order valence-corrected chi connectivity index (χ3v) is 7.14. The van der Waals surface area contributed by atoms with Gasteiger partial charge in [0.15, 0.2) is 17.1 Å². The highest BCUT2D eigenvalue weighted by Gasteiger charge is 2.60. The van der Waals surface area contributed by atoms with Crippen LogP contribution in [0.1, 0.15) is 48.5 Å². The van der Waals surface area contributed by atoms with E-state index in [0.717, 1.165) is 30.8 Å². The third kappa shape index (κ3) is 4.07. The van der Waals surface area contributed by atoms with Crippen molar-refractivity contribution in [3.63, 3.8) is 0 Å². The van der Waals surface area contributed by atoms with Crippen LogP contribution in [-0.4, -0.2) is 31.9 Å². The van der Waals surface area contributed by atoms with Crippen molar-refractivity contribution < 1.29 is 22.4 Å². The summed E-state index contributed by atoms with van der Waals surface area (Å²) in [5.41, 5.74) is -2.26. The molecule has 3 aromatic rings. The van der Waals surface area contributed by atoms with Crippen molar-refractivity contribution >= 4 is 29.9 Å². The lowest BCUT2D eigenvalue weighted by Crippen LogP contribution is -2.55. The summed E-state index contributed by atoms with van der Waals surface area (Å²) in [7, 11) is 0. The Morgan fingerprint density at radius 3 is 2.53 bits per heavy atom. The largest absolute Gasteiger partial charge is 0.449 e. The molecule has 0 N–H and O–H groups in total. The standard InChI is InChI=1S/C24H21F3N6O2S/c25-24(26,27)18-11-17(14-31-19(18)12-28)32-21(34)23(7-2-8-23)33(22(32)36)16-6-5-15(30-13-16)3-1-4-20-29-9-10-35-20/h5-6,9-11,13-14,22,36H,1-4,7-8H2. The number of amides is 1. The number of pyridine rings is 2. The molecule has 1 atom stereocenters. The quantitative estimate of drug-likeness (QED) is 0.483. The lowest BCUT2D eigenvalue weighted by atomic mass is 9.75. The van der Waals surface area contributed by atoms with Crippen molar-refractivity contribution in [2.75, 3.05) is 9.80 Å². The Hall–Kier alpha value is -3.59. The Kier molecular flexibility index (Phi) is 6.12. The number of rotatable bonds is 6. The second kappa shape index (κ2) is 9.13. The molecular formula is C24H21F3N6O2S. The summed E-state index contributed by atoms with van der Waals surface area (Å²) in [5.74, 6) is 0.321. The smallest absolute Gasteiger partial charge is 0.419 e. The first-order chi connectivity index (χ1) is 17.2. The highest BCUT2D eigenvalue weighted by atomic mass is 32.1. The van der Waals surface area contributed by atoms with Crippen LogP contribution in [0.15, 0.2) is 47.5 Å². The number of aromatic nitrogens is 3. The van der Waals surface area contributed by atoms with Crippen molar-refractivity contribution in [2.24, 2.45) is 0 Å². The van der Waals surface area contributed by atoms with Crippen LogP contribution in [0.5, 0.6) is 0 Å². The van der Waals surface area contributed by atoms with Crippen LogP contribution >= 0.6 is 12.6 Å². The zero-order chi connectivity index (χ0) is 25.5. The molecular weight excluding hydrogens is 493 g/mol. The molecule has 0 aromatic carbocycles. The SMILES string of the molecule is N#Cc1ncc(N2C(=O)C3(CCC3)N(c3ccc(CCCc4ncco4)nc3)C2S)cc1C(F)(F)F. The molecule has 4 heterocycles. The van der Waals surface area contributed by atoms with Crippen molar-refractivity contribution in [1.29, 1.82) is 5.26 Å². The van der Waals surface area contributed by atoms with Gasteiger partial charge in [-0.05, 0) is 50.3 Å². The molecule has 186 valence electrons. The fourth-order valence-corrected chi connectivity index (χ4v) is 5.35. The van der Waals surface area contributed by atoms with Crippen LogP contribution in [0.2, 0.25) is 0 Å². The van der Waals surface area contributed by atoms with Gasteiger partial charge in [-0.3, -0.25) is 14.7 Å². The summed E-state index contributed by atoms with van der Waals surface area (Å²) in [5, 5.41) is 9.06. The summed E-state index contributed by atoms with van der Waals surface area (Å²) in [6, 6.07) is 5.98. The van der Waals surface area contributed by atoms with Crippen LogP contribution in [0.4, 0.5) is 24.5 Å². The predicted molar refractivity (Wildman–Crippen MR) is 126 cm³/mol. The van der Waals surface area contributed by atoms with Gasteiger partial charge in [-0.2, -0.15) is 18.4 Å². The Bertz CT molecular complexity index is 1300. The molecule has 0 radical (unpaired) electrons. The Labute approximate surface area is 210 Å². The number of nitriles is 1. The van der Waals surface area contributed by atoms with Gasteiger partial charge in [0.05, 0.1) is 35.5 Å². The van der Waals surface area contributed by atoms with Crippen molar-refractivity contribution in [2.45, 2.75) is 55.7 Å². The third-order valence-electron chi connectivity index (χ3n) is 6.68. The minimum absolute atomic E-state index is 0.0591. The summed E-state index contributed by atoms with van der Waals surface area (Å²) < 4.78 is 45.8. The number of carbonyl (C=O) groups is 1. The Morgan fingerprint density at radius 2 is 1.94 bits per heavy atom. The zero-order valence-corrected chi connectivity index (χ0v) is 19.8. The molecule has 3 aromatic heterocycles. The summed E-state index contributed by atoms with van der Waals surface area (Å²) in [6.45, 7) is 0. The lowest BCUT2D eigenvalue weighted by Gasteiger charge is -2.44. The van der Waals surface area contributed by atoms with E-state index in [-0.39, 0.29) is 11.6 Å². The monoisotopic (exact) mass is 514 g/mol. The lowest BCUT2D eigenvalue weighted by molar-refractivity contribution is -0.138. The molecule has 1 spiro atoms. The maximum Gasteiger partial charge on any atom is 0.419 e. The molecule has 1 saturated heterocycles. The summed E-state index contributed by atoms with van der Waals surface area (Å²) in [4.78, 5) is 28.9. The average molecular weight is 515 g/mol. The topological polar surface area (TPSA) is 99.2 Å². The normalized spacial score (nSPS) is 19.0. The van der Waals surface area contributed by atoms with Gasteiger partial charge in [0.25, 0.3) is 5.91 Å². The first kappa shape index (κ1) is 24.1. The molecule has 1 aliphatic carbocycles. The van der Waals surface area contributed by atoms with E-state index in [1.165, 1.54) is 17.2 Å². The fourth-order valence-electron chi connectivity index (χ4n) is 4.76. The van der Waals surface area contributed by atoms with E-state index < -0.39 is 28.5 Å². The molecule has 36 heavy (non-hydrogen) atoms. The van der Waals surface area contributed by atoms with E-state index >= 15 is 0 Å². The van der Waals surface area contributed by atoms with E-state index in [1.54, 1.807) is 12.4 Å². The molecule has 5 rings (SSSR count). The maximum atomic E-state index is 13.6. The number of hydrogen-bond donors (Lipinski definition) is 1. The van der Waals surface area contributed by atoms with Crippen molar-refractivity contribution in [3.05, 3.63) is 65.9 Å². The van der Waals surface area contributed by atoms with Gasteiger partial charge < -0.3 is 9.32 Å². The number of hydrogen-bond acceptors (Lipinski definition) is 8. The number of carbonyl (C=O) groups excluding carboxylic acids is 1. The van der Waals surface area contributed by atoms with Crippen LogP contribution in [0.25, 0.3) is 0 Å². The van der Waals surface area contributed by atoms with E-state index in [1.807, 2.05) is 17.0 Å². The van der Waals surface area contributed by atoms with Gasteiger partial charge in [0.1, 0.15) is 17.9 Å². The van der Waals surface area contributed by atoms with E-state index in [0.29, 0.717) is 37.3 Å². The number of thiol groups is 1. The van der Waals surface area contributed by atoms with Gasteiger partial charge in [-0.1, -0.05) is 0 Å². The molecule has 8 nitrogen and oxygen atoms in total. The second-order valence-corrected chi connectivity index (χ2v) is 9.22. The molecule has 2 fully saturated rings. The van der Waals surface area contributed by atoms with Gasteiger partial charge in [-0.25, -0.2) is 9.97 Å². The highest BCUT2D eigenvalue weighted by molar-refractivity contribution is 7.81. The summed E-state index contributed by atoms with van der Waals surface area (Å²) in [6.07, 6.45) is 5.22. The molecule has 1 unspecified atom stereocenters. The number of anilines is 2. The first-order valence-electron chi connectivity index (χ1n) is 11.4. The number of alkyl halides is 3. The minimum atomic E-state index is -4.79. The number of halogens is 3. The second-order valence-electron chi connectivity index (χ2n) is 8.76. The first-order valence-corrected chi connectivity index (χ1v) is 11.9. The molecule has 12 heteroatoms. The molecule has 1 saturated carbocycles. The molecule has 1 amide bonds. The van der Waals surface area contributed by atoms with Gasteiger partial charge in [0, 0.05) is 12.1 Å². The minimum Gasteiger partial charge on any atom is -0.449 e. The van der Waals surface area contributed by atoms with Crippen molar-refractivity contribution in [1.82, 2.24) is 15.0 Å². The van der Waals surface area contributed by atoms with Crippen molar-refractivity contribution in [3.8, 4) is 6.07 Å². The van der Waals surface area contributed by atoms with Crippen LogP contribution in [-0.2, 0) is 23.8 Å². The fraction of sp³-hybridized carbons (Fsp3) is 0.375. The summed E-state index contributed by atoms with van der Waals surface area (Å²) >= 11 is 4.65. The maximum absolute atomic E-state index is 13.6. The van der Waals surface area contributed by atoms with E-state index in [9.17, 15) is 18.0 Å². The van der Waals surface area contributed by atoms with E-state index in [2.05, 4.69) is 27.6 Å². The molecule has 2 aliphatic rings. The highest BCUT2D eigenvalue weighted by Crippen LogP contribution is 2.50. The number of aryl methyl sites for hydroxylation is 2. The van der Waals surface area contributed by atoms with Gasteiger partial charge in [-0.15, -0.1) is 12.6 Å². The Balaban J connectivity index is 1.41. The van der Waals surface area contributed by atoms with Gasteiger partial charge in [0.2, 0.25) is 0 Å². The Morgan fingerprint density at radius 1 is 1.17 bits per heavy atom. The molecule has 1 aliphatic heterocycles. The molecule has 0 bridgehead atoms. The van der Waals surface area contributed by atoms with E-state index in [4.69, 9.17) is 9.68 Å². The predicted octanol–water partition coefficient (Wildman–Crippen LogP) is 4.52. The average Bonchev–Trinajstić information content (AvgIpc) is 3.42. The van der Waals surface area contributed by atoms with Crippen LogP contribution in [0, 0.1) is 11.3 Å². The van der Waals surface area contributed by atoms with Gasteiger partial charge >= 0.3 is 6.18 Å². The number of nitrogens with zero attached hydrogens (tertiary/aromatic N) is 6. The van der Waals surface area contributed by atoms with Crippen LogP contribution in [0.3, 0.4) is 0 Å². The van der Waals surface area contributed by atoms with Crippen LogP contribution < -0.4 is 9.80 Å². The number of oxazole rings is 1.